The van der Waals surface area contributed by atoms with Crippen molar-refractivity contribution in [2.45, 2.75) is 51.3 Å². The Morgan fingerprint density at radius 3 is 2.47 bits per heavy atom. The Balaban J connectivity index is 1.96. The zero-order chi connectivity index (χ0) is 14.0. The van der Waals surface area contributed by atoms with Gasteiger partial charge < -0.3 is 4.74 Å². The molecule has 0 aromatic heterocycles. The molecule has 1 aromatic rings. The highest BCUT2D eigenvalue weighted by molar-refractivity contribution is 5.76. The summed E-state index contributed by atoms with van der Waals surface area (Å²) in [6, 6.07) is 6.22. The molecule has 1 aliphatic heterocycles. The number of esters is 1. The summed E-state index contributed by atoms with van der Waals surface area (Å²) in [6.07, 6.45) is 1.60. The zero-order valence-electron chi connectivity index (χ0n) is 11.6. The monoisotopic (exact) mass is 265 g/mol. The van der Waals surface area contributed by atoms with Gasteiger partial charge in [-0.05, 0) is 51.3 Å². The summed E-state index contributed by atoms with van der Waals surface area (Å²) >= 11 is 0. The Kier molecular flexibility index (Phi) is 3.90. The molecule has 0 amide bonds. The Morgan fingerprint density at radius 2 is 1.89 bits per heavy atom. The predicted octanol–water partition coefficient (Wildman–Crippen LogP) is 2.96. The first kappa shape index (κ1) is 14.0. The maximum atomic E-state index is 12.9. The van der Waals surface area contributed by atoms with Crippen LogP contribution in [0.25, 0.3) is 0 Å². The third kappa shape index (κ3) is 3.77. The van der Waals surface area contributed by atoms with Crippen LogP contribution in [0.2, 0.25) is 0 Å². The highest BCUT2D eigenvalue weighted by atomic mass is 19.1. The molecule has 19 heavy (non-hydrogen) atoms. The van der Waals surface area contributed by atoms with E-state index in [-0.39, 0.29) is 23.9 Å². The van der Waals surface area contributed by atoms with Crippen LogP contribution in [0.1, 0.15) is 45.2 Å². The molecule has 1 aromatic carbocycles. The van der Waals surface area contributed by atoms with Gasteiger partial charge in [0.1, 0.15) is 17.5 Å². The van der Waals surface area contributed by atoms with Crippen molar-refractivity contribution in [3.63, 3.8) is 0 Å². The lowest BCUT2D eigenvalue weighted by molar-refractivity contribution is -0.157. The molecule has 104 valence electrons. The third-order valence-electron chi connectivity index (χ3n) is 3.11. The van der Waals surface area contributed by atoms with Crippen molar-refractivity contribution in [2.24, 2.45) is 0 Å². The smallest absolute Gasteiger partial charge is 0.323 e. The van der Waals surface area contributed by atoms with Gasteiger partial charge in [-0.25, -0.2) is 4.39 Å². The van der Waals surface area contributed by atoms with Crippen LogP contribution in [0.15, 0.2) is 24.3 Å². The van der Waals surface area contributed by atoms with E-state index in [0.717, 1.165) is 18.4 Å². The molecule has 0 bridgehead atoms. The van der Waals surface area contributed by atoms with Crippen LogP contribution in [0.5, 0.6) is 0 Å². The lowest BCUT2D eigenvalue weighted by atomic mass is 10.1. The predicted molar refractivity (Wildman–Crippen MR) is 71.1 cm³/mol. The van der Waals surface area contributed by atoms with Crippen molar-refractivity contribution in [1.29, 1.82) is 0 Å². The van der Waals surface area contributed by atoms with Crippen molar-refractivity contribution < 1.29 is 13.9 Å². The minimum atomic E-state index is -0.466. The van der Waals surface area contributed by atoms with E-state index in [1.54, 1.807) is 12.1 Å². The zero-order valence-corrected chi connectivity index (χ0v) is 11.6. The SMILES string of the molecule is CC(C)(C)OC(=O)[C@@H]1CC[C@@H](c2ccc(F)cc2)N1. The quantitative estimate of drug-likeness (QED) is 0.835. The summed E-state index contributed by atoms with van der Waals surface area (Å²) < 4.78 is 18.2. The van der Waals surface area contributed by atoms with E-state index in [0.29, 0.717) is 0 Å². The molecule has 1 aliphatic rings. The summed E-state index contributed by atoms with van der Waals surface area (Å²) in [6.45, 7) is 5.58. The maximum Gasteiger partial charge on any atom is 0.323 e. The minimum absolute atomic E-state index is 0.0955. The largest absolute Gasteiger partial charge is 0.459 e. The molecule has 0 unspecified atom stereocenters. The molecule has 1 fully saturated rings. The highest BCUT2D eigenvalue weighted by Gasteiger charge is 2.32. The Labute approximate surface area is 113 Å². The normalized spacial score (nSPS) is 23.4. The number of carbonyl (C=O) groups excluding carboxylic acids is 1. The van der Waals surface area contributed by atoms with Gasteiger partial charge in [-0.15, -0.1) is 0 Å². The van der Waals surface area contributed by atoms with E-state index in [1.165, 1.54) is 12.1 Å². The van der Waals surface area contributed by atoms with Crippen molar-refractivity contribution in [2.75, 3.05) is 0 Å². The average Bonchev–Trinajstić information content (AvgIpc) is 2.77. The van der Waals surface area contributed by atoms with Crippen molar-refractivity contribution in [3.8, 4) is 0 Å². The first-order valence-electron chi connectivity index (χ1n) is 6.59. The van der Waals surface area contributed by atoms with Crippen LogP contribution >= 0.6 is 0 Å². The van der Waals surface area contributed by atoms with Gasteiger partial charge >= 0.3 is 5.97 Å². The molecule has 3 nitrogen and oxygen atoms in total. The second-order valence-corrected chi connectivity index (χ2v) is 5.93. The van der Waals surface area contributed by atoms with Crippen molar-refractivity contribution in [3.05, 3.63) is 35.6 Å². The van der Waals surface area contributed by atoms with E-state index >= 15 is 0 Å². The van der Waals surface area contributed by atoms with E-state index in [1.807, 2.05) is 20.8 Å². The standard InChI is InChI=1S/C15H20FNO2/c1-15(2,3)19-14(18)13-9-8-12(17-13)10-4-6-11(16)7-5-10/h4-7,12-13,17H,8-9H2,1-3H3/t12-,13-/m0/s1. The second kappa shape index (κ2) is 5.29. The number of halogens is 1. The highest BCUT2D eigenvalue weighted by Crippen LogP contribution is 2.27. The third-order valence-corrected chi connectivity index (χ3v) is 3.11. The fraction of sp³-hybridized carbons (Fsp3) is 0.533. The number of ether oxygens (including phenoxy) is 1. The number of hydrogen-bond donors (Lipinski definition) is 1. The van der Waals surface area contributed by atoms with Crippen LogP contribution in [0.3, 0.4) is 0 Å². The summed E-state index contributed by atoms with van der Waals surface area (Å²) in [5.41, 5.74) is 0.541. The Morgan fingerprint density at radius 1 is 1.26 bits per heavy atom. The lowest BCUT2D eigenvalue weighted by Crippen LogP contribution is -2.38. The van der Waals surface area contributed by atoms with E-state index in [2.05, 4.69) is 5.32 Å². The van der Waals surface area contributed by atoms with Gasteiger partial charge in [0.15, 0.2) is 0 Å². The summed E-state index contributed by atoms with van der Waals surface area (Å²) in [4.78, 5) is 11.9. The van der Waals surface area contributed by atoms with Crippen LogP contribution in [0.4, 0.5) is 4.39 Å². The van der Waals surface area contributed by atoms with E-state index < -0.39 is 5.60 Å². The number of benzene rings is 1. The molecule has 1 saturated heterocycles. The summed E-state index contributed by atoms with van der Waals surface area (Å²) in [5, 5.41) is 3.25. The first-order valence-corrected chi connectivity index (χ1v) is 6.59. The average molecular weight is 265 g/mol. The van der Waals surface area contributed by atoms with Crippen molar-refractivity contribution >= 4 is 5.97 Å². The molecule has 0 saturated carbocycles. The second-order valence-electron chi connectivity index (χ2n) is 5.93. The topological polar surface area (TPSA) is 38.3 Å². The van der Waals surface area contributed by atoms with Gasteiger partial charge in [-0.1, -0.05) is 12.1 Å². The van der Waals surface area contributed by atoms with Crippen molar-refractivity contribution in [1.82, 2.24) is 5.32 Å². The maximum absolute atomic E-state index is 12.9. The molecule has 1 N–H and O–H groups in total. The van der Waals surface area contributed by atoms with Crippen LogP contribution in [-0.2, 0) is 9.53 Å². The molecule has 4 heteroatoms. The van der Waals surface area contributed by atoms with Crippen LogP contribution in [-0.4, -0.2) is 17.6 Å². The molecule has 2 atom stereocenters. The lowest BCUT2D eigenvalue weighted by Gasteiger charge is -2.22. The van der Waals surface area contributed by atoms with Gasteiger partial charge in [-0.3, -0.25) is 10.1 Å². The van der Waals surface area contributed by atoms with Gasteiger partial charge in [-0.2, -0.15) is 0 Å². The molecule has 0 aliphatic carbocycles. The van der Waals surface area contributed by atoms with Crippen LogP contribution < -0.4 is 5.32 Å². The number of rotatable bonds is 2. The Bertz CT molecular complexity index is 450. The minimum Gasteiger partial charge on any atom is -0.459 e. The molecule has 0 radical (unpaired) electrons. The number of carbonyl (C=O) groups is 1. The van der Waals surface area contributed by atoms with E-state index in [9.17, 15) is 9.18 Å². The van der Waals surface area contributed by atoms with E-state index in [4.69, 9.17) is 4.74 Å². The number of hydrogen-bond acceptors (Lipinski definition) is 3. The molecule has 1 heterocycles. The number of nitrogens with one attached hydrogen (secondary N) is 1. The first-order chi connectivity index (χ1) is 8.85. The molecule has 2 rings (SSSR count). The molecule has 0 spiro atoms. The van der Waals surface area contributed by atoms with Gasteiger partial charge in [0, 0.05) is 6.04 Å². The fourth-order valence-corrected chi connectivity index (χ4v) is 2.26. The fourth-order valence-electron chi connectivity index (χ4n) is 2.26. The van der Waals surface area contributed by atoms with Gasteiger partial charge in [0.05, 0.1) is 0 Å². The van der Waals surface area contributed by atoms with Gasteiger partial charge in [0.25, 0.3) is 0 Å². The molecular weight excluding hydrogens is 245 g/mol. The molecular formula is C15H20FNO2. The van der Waals surface area contributed by atoms with Gasteiger partial charge in [0.2, 0.25) is 0 Å². The summed E-state index contributed by atoms with van der Waals surface area (Å²) in [7, 11) is 0. The Hall–Kier alpha value is -1.42. The van der Waals surface area contributed by atoms with Crippen LogP contribution in [0, 0.1) is 5.82 Å². The summed E-state index contributed by atoms with van der Waals surface area (Å²) in [5.74, 6) is -0.456.